The first-order valence-electron chi connectivity index (χ1n) is 5.15. The largest absolute Gasteiger partial charge is 0.321 e. The third-order valence-corrected chi connectivity index (χ3v) is 2.50. The van der Waals surface area contributed by atoms with Gasteiger partial charge in [-0.3, -0.25) is 9.78 Å². The van der Waals surface area contributed by atoms with Crippen LogP contribution in [0.4, 0.5) is 5.69 Å². The van der Waals surface area contributed by atoms with Crippen molar-refractivity contribution in [1.82, 2.24) is 4.98 Å². The molecule has 0 bridgehead atoms. The predicted octanol–water partition coefficient (Wildman–Crippen LogP) is 3.30. The number of nitrogens with zero attached hydrogens (tertiary/aromatic N) is 1. The molecule has 0 aliphatic carbocycles. The van der Waals surface area contributed by atoms with Crippen molar-refractivity contribution in [3.05, 3.63) is 58.9 Å². The maximum Gasteiger partial charge on any atom is 0.274 e. The summed E-state index contributed by atoms with van der Waals surface area (Å²) in [5, 5.41) is 3.39. The molecule has 1 heterocycles. The number of rotatable bonds is 2. The van der Waals surface area contributed by atoms with Crippen LogP contribution in [0.15, 0.2) is 42.6 Å². The van der Waals surface area contributed by atoms with Crippen molar-refractivity contribution in [2.75, 3.05) is 5.32 Å². The van der Waals surface area contributed by atoms with Gasteiger partial charge in [-0.05, 0) is 48.9 Å². The Balaban J connectivity index is 2.14. The van der Waals surface area contributed by atoms with Crippen molar-refractivity contribution in [1.29, 1.82) is 0 Å². The molecule has 0 fully saturated rings. The summed E-state index contributed by atoms with van der Waals surface area (Å²) in [6.45, 7) is 1.92. The Hall–Kier alpha value is -1.87. The molecule has 1 amide bonds. The second-order valence-corrected chi connectivity index (χ2v) is 4.12. The van der Waals surface area contributed by atoms with Crippen LogP contribution in [0.2, 0.25) is 5.02 Å². The third-order valence-electron chi connectivity index (χ3n) is 2.25. The molecule has 1 N–H and O–H groups in total. The van der Waals surface area contributed by atoms with Gasteiger partial charge in [0, 0.05) is 16.9 Å². The SMILES string of the molecule is Cc1ccnc(C(=O)Nc2ccc(Cl)cc2)c1. The van der Waals surface area contributed by atoms with Gasteiger partial charge in [-0.25, -0.2) is 0 Å². The number of hydrogen-bond acceptors (Lipinski definition) is 2. The number of amides is 1. The van der Waals surface area contributed by atoms with Gasteiger partial charge in [0.2, 0.25) is 0 Å². The summed E-state index contributed by atoms with van der Waals surface area (Å²) in [6, 6.07) is 10.5. The molecule has 2 aromatic rings. The van der Waals surface area contributed by atoms with Crippen LogP contribution >= 0.6 is 11.6 Å². The molecule has 0 atom stereocenters. The Morgan fingerprint density at radius 3 is 2.59 bits per heavy atom. The average molecular weight is 247 g/mol. The number of halogens is 1. The molecule has 1 aromatic heterocycles. The zero-order chi connectivity index (χ0) is 12.3. The normalized spacial score (nSPS) is 10.0. The summed E-state index contributed by atoms with van der Waals surface area (Å²) < 4.78 is 0. The van der Waals surface area contributed by atoms with E-state index in [1.807, 2.05) is 13.0 Å². The highest BCUT2D eigenvalue weighted by molar-refractivity contribution is 6.30. The quantitative estimate of drug-likeness (QED) is 0.884. The molecule has 1 aromatic carbocycles. The Labute approximate surface area is 104 Å². The first kappa shape index (κ1) is 11.6. The number of nitrogens with one attached hydrogen (secondary N) is 1. The van der Waals surface area contributed by atoms with Crippen LogP contribution in [0.25, 0.3) is 0 Å². The molecule has 2 rings (SSSR count). The van der Waals surface area contributed by atoms with Gasteiger partial charge in [0.25, 0.3) is 5.91 Å². The van der Waals surface area contributed by atoms with E-state index in [2.05, 4.69) is 10.3 Å². The second-order valence-electron chi connectivity index (χ2n) is 3.68. The van der Waals surface area contributed by atoms with Crippen LogP contribution in [0.3, 0.4) is 0 Å². The second kappa shape index (κ2) is 4.97. The van der Waals surface area contributed by atoms with E-state index in [0.29, 0.717) is 16.4 Å². The molecule has 3 nitrogen and oxygen atoms in total. The van der Waals surface area contributed by atoms with Crippen LogP contribution in [0.5, 0.6) is 0 Å². The molecule has 17 heavy (non-hydrogen) atoms. The van der Waals surface area contributed by atoms with E-state index in [-0.39, 0.29) is 5.91 Å². The van der Waals surface area contributed by atoms with Gasteiger partial charge in [-0.1, -0.05) is 11.6 Å². The van der Waals surface area contributed by atoms with E-state index < -0.39 is 0 Å². The minimum absolute atomic E-state index is 0.226. The van der Waals surface area contributed by atoms with Crippen molar-refractivity contribution in [3.63, 3.8) is 0 Å². The van der Waals surface area contributed by atoms with Gasteiger partial charge in [0.05, 0.1) is 0 Å². The Kier molecular flexibility index (Phi) is 3.40. The van der Waals surface area contributed by atoms with Crippen molar-refractivity contribution in [3.8, 4) is 0 Å². The number of aromatic nitrogens is 1. The fourth-order valence-electron chi connectivity index (χ4n) is 1.39. The lowest BCUT2D eigenvalue weighted by atomic mass is 10.2. The standard InChI is InChI=1S/C13H11ClN2O/c1-9-6-7-15-12(8-9)13(17)16-11-4-2-10(14)3-5-11/h2-8H,1H3,(H,16,17). The van der Waals surface area contributed by atoms with E-state index in [1.165, 1.54) is 0 Å². The molecular formula is C13H11ClN2O. The zero-order valence-corrected chi connectivity index (χ0v) is 10.0. The number of carbonyl (C=O) groups is 1. The van der Waals surface area contributed by atoms with Crippen LogP contribution in [0.1, 0.15) is 16.1 Å². The number of pyridine rings is 1. The van der Waals surface area contributed by atoms with E-state index in [1.54, 1.807) is 36.5 Å². The van der Waals surface area contributed by atoms with Crippen LogP contribution in [0, 0.1) is 6.92 Å². The number of carbonyl (C=O) groups excluding carboxylic acids is 1. The summed E-state index contributed by atoms with van der Waals surface area (Å²) in [7, 11) is 0. The first-order valence-corrected chi connectivity index (χ1v) is 5.52. The highest BCUT2D eigenvalue weighted by atomic mass is 35.5. The average Bonchev–Trinajstić information content (AvgIpc) is 2.32. The van der Waals surface area contributed by atoms with Crippen LogP contribution < -0.4 is 5.32 Å². The van der Waals surface area contributed by atoms with Gasteiger partial charge in [-0.15, -0.1) is 0 Å². The van der Waals surface area contributed by atoms with Gasteiger partial charge in [-0.2, -0.15) is 0 Å². The lowest BCUT2D eigenvalue weighted by Gasteiger charge is -2.04. The van der Waals surface area contributed by atoms with E-state index in [9.17, 15) is 4.79 Å². The minimum Gasteiger partial charge on any atom is -0.321 e. The molecule has 4 heteroatoms. The van der Waals surface area contributed by atoms with Gasteiger partial charge < -0.3 is 5.32 Å². The molecule has 86 valence electrons. The van der Waals surface area contributed by atoms with E-state index in [0.717, 1.165) is 5.56 Å². The summed E-state index contributed by atoms with van der Waals surface area (Å²) in [4.78, 5) is 15.9. The van der Waals surface area contributed by atoms with Gasteiger partial charge >= 0.3 is 0 Å². The summed E-state index contributed by atoms with van der Waals surface area (Å²) in [5.41, 5.74) is 2.10. The van der Waals surface area contributed by atoms with Crippen molar-refractivity contribution < 1.29 is 4.79 Å². The van der Waals surface area contributed by atoms with Gasteiger partial charge in [0.15, 0.2) is 0 Å². The number of aryl methyl sites for hydroxylation is 1. The summed E-state index contributed by atoms with van der Waals surface area (Å²) >= 11 is 5.76. The van der Waals surface area contributed by atoms with Crippen molar-refractivity contribution in [2.24, 2.45) is 0 Å². The monoisotopic (exact) mass is 246 g/mol. The Bertz CT molecular complexity index is 537. The molecule has 0 radical (unpaired) electrons. The number of anilines is 1. The van der Waals surface area contributed by atoms with Crippen LogP contribution in [-0.4, -0.2) is 10.9 Å². The maximum absolute atomic E-state index is 11.8. The highest BCUT2D eigenvalue weighted by Gasteiger charge is 2.07. The summed E-state index contributed by atoms with van der Waals surface area (Å²) in [6.07, 6.45) is 1.62. The van der Waals surface area contributed by atoms with Crippen molar-refractivity contribution >= 4 is 23.2 Å². The zero-order valence-electron chi connectivity index (χ0n) is 9.27. The summed E-state index contributed by atoms with van der Waals surface area (Å²) in [5.74, 6) is -0.226. The lowest BCUT2D eigenvalue weighted by molar-refractivity contribution is 0.102. The smallest absolute Gasteiger partial charge is 0.274 e. The Morgan fingerprint density at radius 2 is 1.94 bits per heavy atom. The first-order chi connectivity index (χ1) is 8.15. The maximum atomic E-state index is 11.8. The minimum atomic E-state index is -0.226. The Morgan fingerprint density at radius 1 is 1.24 bits per heavy atom. The fourth-order valence-corrected chi connectivity index (χ4v) is 1.51. The molecule has 0 aliphatic heterocycles. The topological polar surface area (TPSA) is 42.0 Å². The third kappa shape index (κ3) is 3.04. The fraction of sp³-hybridized carbons (Fsp3) is 0.0769. The lowest BCUT2D eigenvalue weighted by Crippen LogP contribution is -2.13. The molecule has 0 spiro atoms. The predicted molar refractivity (Wildman–Crippen MR) is 68.4 cm³/mol. The molecule has 0 aliphatic rings. The molecular weight excluding hydrogens is 236 g/mol. The van der Waals surface area contributed by atoms with E-state index >= 15 is 0 Å². The van der Waals surface area contributed by atoms with Crippen molar-refractivity contribution in [2.45, 2.75) is 6.92 Å². The molecule has 0 saturated carbocycles. The number of benzene rings is 1. The molecule has 0 unspecified atom stereocenters. The highest BCUT2D eigenvalue weighted by Crippen LogP contribution is 2.14. The van der Waals surface area contributed by atoms with Crippen LogP contribution in [-0.2, 0) is 0 Å². The van der Waals surface area contributed by atoms with Gasteiger partial charge in [0.1, 0.15) is 5.69 Å². The number of hydrogen-bond donors (Lipinski definition) is 1. The van der Waals surface area contributed by atoms with E-state index in [4.69, 9.17) is 11.6 Å². The molecule has 0 saturated heterocycles.